The molecule has 1 amide bonds. The highest BCUT2D eigenvalue weighted by Crippen LogP contribution is 2.36. The summed E-state index contributed by atoms with van der Waals surface area (Å²) in [6.07, 6.45) is 6.36. The first kappa shape index (κ1) is 18.7. The molecule has 124 valence electrons. The molecule has 0 spiro atoms. The number of methoxy groups -OCH3 is 1. The van der Waals surface area contributed by atoms with Gasteiger partial charge in [0.2, 0.25) is 0 Å². The van der Waals surface area contributed by atoms with Crippen molar-refractivity contribution < 1.29 is 9.53 Å². The van der Waals surface area contributed by atoms with Crippen molar-refractivity contribution in [3.8, 4) is 0 Å². The van der Waals surface area contributed by atoms with Gasteiger partial charge in [0.15, 0.2) is 0 Å². The summed E-state index contributed by atoms with van der Waals surface area (Å²) in [5, 5.41) is 3.32. The van der Waals surface area contributed by atoms with Crippen molar-refractivity contribution in [3.63, 3.8) is 0 Å². The molecule has 5 heteroatoms. The Morgan fingerprint density at radius 3 is 2.52 bits per heavy atom. The first-order valence-electron chi connectivity index (χ1n) is 8.10. The lowest BCUT2D eigenvalue weighted by atomic mass is 9.77. The molecule has 2 aliphatic rings. The number of ether oxygens (including phenoxy) is 1. The molecule has 1 atom stereocenters. The van der Waals surface area contributed by atoms with Crippen molar-refractivity contribution >= 4 is 18.3 Å². The van der Waals surface area contributed by atoms with Gasteiger partial charge in [-0.2, -0.15) is 0 Å². The normalized spacial score (nSPS) is 28.8. The Balaban J connectivity index is 0.00000220. The fourth-order valence-electron chi connectivity index (χ4n) is 3.92. The number of hydrogen-bond acceptors (Lipinski definition) is 3. The maximum Gasteiger partial charge on any atom is 0.254 e. The van der Waals surface area contributed by atoms with Gasteiger partial charge >= 0.3 is 0 Å². The number of nitrogens with zero attached hydrogens (tertiary/aromatic N) is 1. The molecule has 0 aliphatic carbocycles. The predicted molar refractivity (Wildman–Crippen MR) is 87.9 cm³/mol. The number of carbonyl (C=O) groups is 1. The molecule has 4 nitrogen and oxygen atoms in total. The maximum absolute atomic E-state index is 13.0. The number of hydrogen-bond donors (Lipinski definition) is 1. The fraction of sp³-hybridized carbons (Fsp3) is 0.938. The lowest BCUT2D eigenvalue weighted by molar-refractivity contribution is -0.161. The van der Waals surface area contributed by atoms with E-state index in [-0.39, 0.29) is 18.3 Å². The van der Waals surface area contributed by atoms with Crippen molar-refractivity contribution in [2.45, 2.75) is 58.0 Å². The first-order valence-corrected chi connectivity index (χ1v) is 8.10. The number of nitrogens with one attached hydrogen (secondary N) is 1. The largest absolute Gasteiger partial charge is 0.368 e. The number of rotatable bonds is 4. The molecule has 2 saturated heterocycles. The molecule has 2 heterocycles. The highest BCUT2D eigenvalue weighted by molar-refractivity contribution is 5.86. The van der Waals surface area contributed by atoms with Crippen molar-refractivity contribution in [3.05, 3.63) is 0 Å². The van der Waals surface area contributed by atoms with Gasteiger partial charge in [-0.1, -0.05) is 20.3 Å². The van der Waals surface area contributed by atoms with Gasteiger partial charge in [0.25, 0.3) is 5.91 Å². The monoisotopic (exact) mass is 318 g/mol. The van der Waals surface area contributed by atoms with Crippen LogP contribution in [0.25, 0.3) is 0 Å². The van der Waals surface area contributed by atoms with Crippen LogP contribution in [-0.2, 0) is 9.53 Å². The van der Waals surface area contributed by atoms with E-state index in [2.05, 4.69) is 24.1 Å². The van der Waals surface area contributed by atoms with Crippen LogP contribution in [0.3, 0.4) is 0 Å². The summed E-state index contributed by atoms with van der Waals surface area (Å²) < 4.78 is 5.69. The van der Waals surface area contributed by atoms with Gasteiger partial charge in [0.1, 0.15) is 5.60 Å². The molecule has 2 aliphatic heterocycles. The third-order valence-corrected chi connectivity index (χ3v) is 5.11. The van der Waals surface area contributed by atoms with Gasteiger partial charge in [0.05, 0.1) is 0 Å². The molecule has 1 N–H and O–H groups in total. The summed E-state index contributed by atoms with van der Waals surface area (Å²) in [7, 11) is 1.69. The van der Waals surface area contributed by atoms with E-state index in [9.17, 15) is 4.79 Å². The lowest BCUT2D eigenvalue weighted by Crippen LogP contribution is -2.58. The summed E-state index contributed by atoms with van der Waals surface area (Å²) >= 11 is 0. The second-order valence-corrected chi connectivity index (χ2v) is 6.84. The average Bonchev–Trinajstić information content (AvgIpc) is 2.47. The highest BCUT2D eigenvalue weighted by atomic mass is 35.5. The fourth-order valence-corrected chi connectivity index (χ4v) is 3.92. The van der Waals surface area contributed by atoms with Crippen LogP contribution in [-0.4, -0.2) is 49.7 Å². The first-order chi connectivity index (χ1) is 9.55. The van der Waals surface area contributed by atoms with Gasteiger partial charge in [-0.05, 0) is 50.6 Å². The zero-order chi connectivity index (χ0) is 14.6. The van der Waals surface area contributed by atoms with Gasteiger partial charge < -0.3 is 15.0 Å². The van der Waals surface area contributed by atoms with Gasteiger partial charge in [-0.25, -0.2) is 0 Å². The van der Waals surface area contributed by atoms with E-state index in [1.165, 1.54) is 19.3 Å². The Hall–Kier alpha value is -0.320. The Kier molecular flexibility index (Phi) is 6.95. The van der Waals surface area contributed by atoms with E-state index in [4.69, 9.17) is 4.74 Å². The summed E-state index contributed by atoms with van der Waals surface area (Å²) in [5.74, 6) is 0.225. The Labute approximate surface area is 135 Å². The maximum atomic E-state index is 13.0. The Morgan fingerprint density at radius 2 is 1.95 bits per heavy atom. The van der Waals surface area contributed by atoms with Crippen LogP contribution in [0, 0.1) is 5.41 Å². The molecular weight excluding hydrogens is 288 g/mol. The number of likely N-dealkylation sites (tertiary alicyclic amines) is 1. The summed E-state index contributed by atoms with van der Waals surface area (Å²) in [5.41, 5.74) is -0.278. The highest BCUT2D eigenvalue weighted by Gasteiger charge is 2.44. The van der Waals surface area contributed by atoms with Crippen LogP contribution in [0.4, 0.5) is 0 Å². The smallest absolute Gasteiger partial charge is 0.254 e. The van der Waals surface area contributed by atoms with Gasteiger partial charge in [0, 0.05) is 20.2 Å². The standard InChI is InChI=1S/C16H30N2O2.ClH/c1-4-6-15(2)7-5-12-18(13-15)14(19)16(20-3)8-10-17-11-9-16;/h17H,4-13H2,1-3H3;1H. The number of amides is 1. The van der Waals surface area contributed by atoms with Crippen LogP contribution in [0.5, 0.6) is 0 Å². The Bertz CT molecular complexity index is 341. The van der Waals surface area contributed by atoms with E-state index in [1.54, 1.807) is 7.11 Å². The summed E-state index contributed by atoms with van der Waals surface area (Å²) in [6, 6.07) is 0. The van der Waals surface area contributed by atoms with E-state index in [0.29, 0.717) is 5.41 Å². The minimum atomic E-state index is -0.574. The lowest BCUT2D eigenvalue weighted by Gasteiger charge is -2.45. The van der Waals surface area contributed by atoms with Crippen molar-refractivity contribution in [1.29, 1.82) is 0 Å². The number of piperidine rings is 2. The number of carbonyl (C=O) groups excluding carboxylic acids is 1. The third-order valence-electron chi connectivity index (χ3n) is 5.11. The number of halogens is 1. The summed E-state index contributed by atoms with van der Waals surface area (Å²) in [6.45, 7) is 8.11. The van der Waals surface area contributed by atoms with Crippen molar-refractivity contribution in [1.82, 2.24) is 10.2 Å². The Morgan fingerprint density at radius 1 is 1.29 bits per heavy atom. The third kappa shape index (κ3) is 4.11. The van der Waals surface area contributed by atoms with Crippen LogP contribution < -0.4 is 5.32 Å². The average molecular weight is 319 g/mol. The molecule has 21 heavy (non-hydrogen) atoms. The van der Waals surface area contributed by atoms with E-state index in [0.717, 1.165) is 45.4 Å². The zero-order valence-corrected chi connectivity index (χ0v) is 14.6. The van der Waals surface area contributed by atoms with Gasteiger partial charge in [-0.15, -0.1) is 12.4 Å². The molecule has 0 radical (unpaired) electrons. The predicted octanol–water partition coefficient (Wildman–Crippen LogP) is 2.61. The minimum Gasteiger partial charge on any atom is -0.368 e. The zero-order valence-electron chi connectivity index (χ0n) is 13.7. The van der Waals surface area contributed by atoms with E-state index < -0.39 is 5.60 Å². The molecule has 2 rings (SSSR count). The molecule has 0 saturated carbocycles. The quantitative estimate of drug-likeness (QED) is 0.866. The van der Waals surface area contributed by atoms with Gasteiger partial charge in [-0.3, -0.25) is 4.79 Å². The minimum absolute atomic E-state index is 0. The molecular formula is C16H31ClN2O2. The second kappa shape index (κ2) is 7.80. The van der Waals surface area contributed by atoms with Crippen LogP contribution in [0.2, 0.25) is 0 Å². The molecule has 0 aromatic rings. The topological polar surface area (TPSA) is 41.6 Å². The van der Waals surface area contributed by atoms with Crippen molar-refractivity contribution in [2.24, 2.45) is 5.41 Å². The molecule has 1 unspecified atom stereocenters. The van der Waals surface area contributed by atoms with Crippen LogP contribution in [0.15, 0.2) is 0 Å². The molecule has 2 fully saturated rings. The van der Waals surface area contributed by atoms with Crippen LogP contribution >= 0.6 is 12.4 Å². The van der Waals surface area contributed by atoms with E-state index >= 15 is 0 Å². The van der Waals surface area contributed by atoms with Crippen molar-refractivity contribution in [2.75, 3.05) is 33.3 Å². The molecule has 0 bridgehead atoms. The van der Waals surface area contributed by atoms with E-state index in [1.807, 2.05) is 0 Å². The summed E-state index contributed by atoms with van der Waals surface area (Å²) in [4.78, 5) is 15.0. The molecule has 0 aromatic carbocycles. The SMILES string of the molecule is CCCC1(C)CCCN(C(=O)C2(OC)CCNCC2)C1.Cl. The molecule has 0 aromatic heterocycles. The second-order valence-electron chi connectivity index (χ2n) is 6.84. The van der Waals surface area contributed by atoms with Crippen LogP contribution in [0.1, 0.15) is 52.4 Å².